The fourth-order valence-corrected chi connectivity index (χ4v) is 3.21. The van der Waals surface area contributed by atoms with Gasteiger partial charge in [0.05, 0.1) is 17.0 Å². The molecule has 1 aromatic heterocycles. The Kier molecular flexibility index (Phi) is 5.73. The standard InChI is InChI=1S/C15H19N3O3S2/c1-3-8-16-14(19)9-12-10-22-15(18-12)17-11-4-6-13(7-5-11)23(2,20)21/h4-7,10H,3,8-9H2,1-2H3,(H,16,19)(H,17,18). The molecule has 2 rings (SSSR count). The lowest BCUT2D eigenvalue weighted by molar-refractivity contribution is -0.120. The zero-order valence-electron chi connectivity index (χ0n) is 13.0. The molecular formula is C15H19N3O3S2. The molecule has 0 aliphatic heterocycles. The number of hydrogen-bond acceptors (Lipinski definition) is 6. The third-order valence-corrected chi connectivity index (χ3v) is 4.93. The molecule has 0 aliphatic rings. The highest BCUT2D eigenvalue weighted by atomic mass is 32.2. The molecule has 6 nitrogen and oxygen atoms in total. The Hall–Kier alpha value is -1.93. The van der Waals surface area contributed by atoms with E-state index in [4.69, 9.17) is 0 Å². The van der Waals surface area contributed by atoms with Crippen molar-refractivity contribution in [2.75, 3.05) is 18.1 Å². The molecule has 1 amide bonds. The minimum atomic E-state index is -3.19. The summed E-state index contributed by atoms with van der Waals surface area (Å²) in [5, 5.41) is 8.40. The van der Waals surface area contributed by atoms with Gasteiger partial charge >= 0.3 is 0 Å². The van der Waals surface area contributed by atoms with E-state index in [1.165, 1.54) is 17.6 Å². The van der Waals surface area contributed by atoms with E-state index in [2.05, 4.69) is 15.6 Å². The van der Waals surface area contributed by atoms with Crippen LogP contribution in [-0.4, -0.2) is 32.1 Å². The first-order valence-corrected chi connectivity index (χ1v) is 9.94. The second-order valence-electron chi connectivity index (χ2n) is 5.09. The molecule has 0 saturated carbocycles. The number of rotatable bonds is 7. The number of amides is 1. The Morgan fingerprint density at radius 1 is 1.26 bits per heavy atom. The zero-order valence-corrected chi connectivity index (χ0v) is 14.6. The molecule has 0 bridgehead atoms. The van der Waals surface area contributed by atoms with E-state index in [0.29, 0.717) is 17.4 Å². The van der Waals surface area contributed by atoms with E-state index in [1.807, 2.05) is 12.3 Å². The minimum absolute atomic E-state index is 0.0406. The van der Waals surface area contributed by atoms with Gasteiger partial charge in [0.2, 0.25) is 5.91 Å². The van der Waals surface area contributed by atoms with Crippen molar-refractivity contribution in [3.63, 3.8) is 0 Å². The summed E-state index contributed by atoms with van der Waals surface area (Å²) in [6, 6.07) is 6.46. The summed E-state index contributed by atoms with van der Waals surface area (Å²) < 4.78 is 22.8. The topological polar surface area (TPSA) is 88.2 Å². The number of carbonyl (C=O) groups excluding carboxylic acids is 1. The van der Waals surface area contributed by atoms with Gasteiger partial charge in [-0.05, 0) is 30.7 Å². The van der Waals surface area contributed by atoms with E-state index in [0.717, 1.165) is 12.1 Å². The van der Waals surface area contributed by atoms with Crippen LogP contribution in [0.15, 0.2) is 34.5 Å². The van der Waals surface area contributed by atoms with Crippen molar-refractivity contribution in [2.24, 2.45) is 0 Å². The number of anilines is 2. The molecule has 1 aromatic carbocycles. The highest BCUT2D eigenvalue weighted by Gasteiger charge is 2.09. The third kappa shape index (κ3) is 5.33. The quantitative estimate of drug-likeness (QED) is 0.798. The van der Waals surface area contributed by atoms with Crippen LogP contribution in [0.4, 0.5) is 10.8 Å². The molecule has 2 aromatic rings. The third-order valence-electron chi connectivity index (χ3n) is 3.00. The van der Waals surface area contributed by atoms with Crippen LogP contribution in [0.25, 0.3) is 0 Å². The molecule has 0 atom stereocenters. The Morgan fingerprint density at radius 2 is 1.96 bits per heavy atom. The first kappa shape index (κ1) is 17.4. The van der Waals surface area contributed by atoms with Gasteiger partial charge in [-0.25, -0.2) is 13.4 Å². The number of benzene rings is 1. The number of aromatic nitrogens is 1. The molecule has 1 heterocycles. The van der Waals surface area contributed by atoms with Crippen LogP contribution < -0.4 is 10.6 Å². The smallest absolute Gasteiger partial charge is 0.226 e. The number of hydrogen-bond donors (Lipinski definition) is 2. The second kappa shape index (κ2) is 7.56. The molecule has 23 heavy (non-hydrogen) atoms. The van der Waals surface area contributed by atoms with Crippen molar-refractivity contribution in [1.82, 2.24) is 10.3 Å². The van der Waals surface area contributed by atoms with Gasteiger partial charge in [-0.15, -0.1) is 11.3 Å². The van der Waals surface area contributed by atoms with Crippen molar-refractivity contribution in [1.29, 1.82) is 0 Å². The van der Waals surface area contributed by atoms with Crippen molar-refractivity contribution < 1.29 is 13.2 Å². The fraction of sp³-hybridized carbons (Fsp3) is 0.333. The average molecular weight is 353 g/mol. The second-order valence-corrected chi connectivity index (χ2v) is 7.97. The number of nitrogens with one attached hydrogen (secondary N) is 2. The summed E-state index contributed by atoms with van der Waals surface area (Å²) in [6.45, 7) is 2.67. The summed E-state index contributed by atoms with van der Waals surface area (Å²) in [7, 11) is -3.19. The highest BCUT2D eigenvalue weighted by molar-refractivity contribution is 7.90. The average Bonchev–Trinajstić information content (AvgIpc) is 2.91. The number of sulfone groups is 1. The van der Waals surface area contributed by atoms with Crippen molar-refractivity contribution in [3.8, 4) is 0 Å². The van der Waals surface area contributed by atoms with Crippen molar-refractivity contribution in [2.45, 2.75) is 24.7 Å². The van der Waals surface area contributed by atoms with Crippen LogP contribution in [0.2, 0.25) is 0 Å². The molecule has 8 heteroatoms. The molecule has 0 radical (unpaired) electrons. The van der Waals surface area contributed by atoms with Gasteiger partial charge in [-0.1, -0.05) is 6.92 Å². The van der Waals surface area contributed by atoms with Gasteiger partial charge in [0.15, 0.2) is 15.0 Å². The van der Waals surface area contributed by atoms with Crippen LogP contribution in [0, 0.1) is 0 Å². The summed E-state index contributed by atoms with van der Waals surface area (Å²) >= 11 is 1.40. The SMILES string of the molecule is CCCNC(=O)Cc1csc(Nc2ccc(S(C)(=O)=O)cc2)n1. The Balaban J connectivity index is 1.97. The predicted octanol–water partition coefficient (Wildman–Crippen LogP) is 2.36. The molecule has 0 spiro atoms. The van der Waals surface area contributed by atoms with Gasteiger partial charge < -0.3 is 10.6 Å². The maximum atomic E-state index is 11.6. The molecule has 0 fully saturated rings. The normalized spacial score (nSPS) is 11.2. The molecule has 0 aliphatic carbocycles. The highest BCUT2D eigenvalue weighted by Crippen LogP contribution is 2.22. The van der Waals surface area contributed by atoms with E-state index in [9.17, 15) is 13.2 Å². The lowest BCUT2D eigenvalue weighted by atomic mass is 10.3. The van der Waals surface area contributed by atoms with Gasteiger partial charge in [0.25, 0.3) is 0 Å². The summed E-state index contributed by atoms with van der Waals surface area (Å²) in [6.07, 6.45) is 2.33. The van der Waals surface area contributed by atoms with Crippen LogP contribution in [0.5, 0.6) is 0 Å². The summed E-state index contributed by atoms with van der Waals surface area (Å²) in [5.74, 6) is -0.0406. The van der Waals surface area contributed by atoms with E-state index >= 15 is 0 Å². The van der Waals surface area contributed by atoms with E-state index in [1.54, 1.807) is 24.3 Å². The molecular weight excluding hydrogens is 334 g/mol. The molecule has 0 unspecified atom stereocenters. The lowest BCUT2D eigenvalue weighted by Crippen LogP contribution is -2.25. The number of thiazole rings is 1. The maximum absolute atomic E-state index is 11.6. The zero-order chi connectivity index (χ0) is 16.9. The monoisotopic (exact) mass is 353 g/mol. The summed E-state index contributed by atoms with van der Waals surface area (Å²) in [4.78, 5) is 16.3. The first-order chi connectivity index (χ1) is 10.9. The van der Waals surface area contributed by atoms with Crippen LogP contribution in [0.1, 0.15) is 19.0 Å². The van der Waals surface area contributed by atoms with Crippen molar-refractivity contribution in [3.05, 3.63) is 35.3 Å². The Morgan fingerprint density at radius 3 is 2.57 bits per heavy atom. The lowest BCUT2D eigenvalue weighted by Gasteiger charge is -2.04. The molecule has 2 N–H and O–H groups in total. The number of nitrogens with zero attached hydrogens (tertiary/aromatic N) is 1. The van der Waals surface area contributed by atoms with Crippen LogP contribution >= 0.6 is 11.3 Å². The largest absolute Gasteiger partial charge is 0.356 e. The van der Waals surface area contributed by atoms with Crippen molar-refractivity contribution >= 4 is 37.9 Å². The molecule has 124 valence electrons. The van der Waals surface area contributed by atoms with E-state index in [-0.39, 0.29) is 17.2 Å². The van der Waals surface area contributed by atoms with Crippen LogP contribution in [-0.2, 0) is 21.1 Å². The fourth-order valence-electron chi connectivity index (χ4n) is 1.85. The van der Waals surface area contributed by atoms with Gasteiger partial charge in [0, 0.05) is 23.9 Å². The van der Waals surface area contributed by atoms with Gasteiger partial charge in [-0.2, -0.15) is 0 Å². The van der Waals surface area contributed by atoms with Gasteiger partial charge in [0.1, 0.15) is 0 Å². The molecule has 0 saturated heterocycles. The first-order valence-electron chi connectivity index (χ1n) is 7.16. The van der Waals surface area contributed by atoms with Gasteiger partial charge in [-0.3, -0.25) is 4.79 Å². The Labute approximate surface area is 139 Å². The predicted molar refractivity (Wildman–Crippen MR) is 92.0 cm³/mol. The number of carbonyl (C=O) groups is 1. The van der Waals surface area contributed by atoms with Crippen LogP contribution in [0.3, 0.4) is 0 Å². The minimum Gasteiger partial charge on any atom is -0.356 e. The summed E-state index contributed by atoms with van der Waals surface area (Å²) in [5.41, 5.74) is 1.45. The maximum Gasteiger partial charge on any atom is 0.226 e. The van der Waals surface area contributed by atoms with E-state index < -0.39 is 9.84 Å². The Bertz CT molecular complexity index is 768.